The first-order valence-electron chi connectivity index (χ1n) is 8.12. The van der Waals surface area contributed by atoms with Crippen LogP contribution in [0.3, 0.4) is 0 Å². The van der Waals surface area contributed by atoms with Crippen molar-refractivity contribution in [1.29, 1.82) is 0 Å². The Morgan fingerprint density at radius 3 is 2.81 bits per heavy atom. The second-order valence-corrected chi connectivity index (χ2v) is 7.26. The third-order valence-corrected chi connectivity index (χ3v) is 5.35. The summed E-state index contributed by atoms with van der Waals surface area (Å²) in [5.74, 6) is 0. The van der Waals surface area contributed by atoms with E-state index < -0.39 is 0 Å². The lowest BCUT2D eigenvalue weighted by molar-refractivity contribution is 0.145. The van der Waals surface area contributed by atoms with Gasteiger partial charge in [0.05, 0.1) is 6.10 Å². The Morgan fingerprint density at radius 2 is 2.05 bits per heavy atom. The van der Waals surface area contributed by atoms with E-state index >= 15 is 0 Å². The second kappa shape index (κ2) is 7.23. The van der Waals surface area contributed by atoms with Gasteiger partial charge in [-0.25, -0.2) is 0 Å². The van der Waals surface area contributed by atoms with Gasteiger partial charge in [0.15, 0.2) is 0 Å². The van der Waals surface area contributed by atoms with Crippen LogP contribution in [0.1, 0.15) is 37.4 Å². The number of nitrogens with zero attached hydrogens (tertiary/aromatic N) is 2. The van der Waals surface area contributed by atoms with Crippen LogP contribution in [-0.2, 0) is 0 Å². The lowest BCUT2D eigenvalue weighted by Crippen LogP contribution is -2.35. The quantitative estimate of drug-likeness (QED) is 0.882. The monoisotopic (exact) mass is 352 g/mol. The van der Waals surface area contributed by atoms with Gasteiger partial charge < -0.3 is 10.0 Å². The molecule has 1 aromatic carbocycles. The number of aliphatic hydroxyl groups excluding tert-OH is 1. The molecule has 0 amide bonds. The molecule has 0 spiro atoms. The van der Waals surface area contributed by atoms with Gasteiger partial charge in [-0.2, -0.15) is 0 Å². The average Bonchev–Trinajstić information content (AvgIpc) is 3.15. The first kappa shape index (κ1) is 15.5. The predicted molar refractivity (Wildman–Crippen MR) is 89.4 cm³/mol. The maximum absolute atomic E-state index is 10.3. The van der Waals surface area contributed by atoms with Crippen LogP contribution in [-0.4, -0.2) is 53.7 Å². The normalized spacial score (nSPS) is 25.5. The van der Waals surface area contributed by atoms with E-state index in [-0.39, 0.29) is 6.10 Å². The van der Waals surface area contributed by atoms with Gasteiger partial charge in [-0.15, -0.1) is 0 Å². The van der Waals surface area contributed by atoms with Crippen molar-refractivity contribution >= 4 is 15.9 Å². The van der Waals surface area contributed by atoms with Crippen molar-refractivity contribution < 1.29 is 5.11 Å². The zero-order chi connectivity index (χ0) is 14.7. The molecule has 2 aliphatic heterocycles. The molecule has 3 rings (SSSR count). The van der Waals surface area contributed by atoms with Crippen LogP contribution in [0.4, 0.5) is 0 Å². The first-order valence-corrected chi connectivity index (χ1v) is 8.91. The largest absolute Gasteiger partial charge is 0.388 e. The summed E-state index contributed by atoms with van der Waals surface area (Å²) in [5, 5.41) is 10.3. The zero-order valence-electron chi connectivity index (χ0n) is 12.5. The molecule has 3 nitrogen and oxygen atoms in total. The molecule has 2 unspecified atom stereocenters. The molecule has 0 bridgehead atoms. The molecule has 2 heterocycles. The molecule has 2 atom stereocenters. The molecule has 0 radical (unpaired) electrons. The van der Waals surface area contributed by atoms with Crippen molar-refractivity contribution in [3.05, 3.63) is 34.3 Å². The summed E-state index contributed by atoms with van der Waals surface area (Å²) in [5.41, 5.74) is 1.01. The molecular formula is C17H25BrN2O. The van der Waals surface area contributed by atoms with Gasteiger partial charge in [0.1, 0.15) is 0 Å². The Labute approximate surface area is 136 Å². The third-order valence-electron chi connectivity index (χ3n) is 4.86. The summed E-state index contributed by atoms with van der Waals surface area (Å²) in [6, 6.07) is 8.77. The second-order valence-electron chi connectivity index (χ2n) is 6.35. The van der Waals surface area contributed by atoms with E-state index in [0.29, 0.717) is 0 Å². The maximum atomic E-state index is 10.3. The fourth-order valence-electron chi connectivity index (χ4n) is 3.61. The Kier molecular flexibility index (Phi) is 5.33. The molecule has 116 valence electrons. The van der Waals surface area contributed by atoms with Crippen molar-refractivity contribution in [2.75, 3.05) is 32.7 Å². The molecular weight excluding hydrogens is 328 g/mol. The molecule has 0 aromatic heterocycles. The van der Waals surface area contributed by atoms with Crippen molar-refractivity contribution in [2.45, 2.75) is 37.8 Å². The number of benzene rings is 1. The van der Waals surface area contributed by atoms with E-state index in [9.17, 15) is 5.11 Å². The van der Waals surface area contributed by atoms with E-state index in [4.69, 9.17) is 0 Å². The van der Waals surface area contributed by atoms with Crippen LogP contribution in [0, 0.1) is 0 Å². The van der Waals surface area contributed by atoms with Gasteiger partial charge in [0.2, 0.25) is 0 Å². The summed E-state index contributed by atoms with van der Waals surface area (Å²) in [7, 11) is 0. The summed E-state index contributed by atoms with van der Waals surface area (Å²) < 4.78 is 1.04. The van der Waals surface area contributed by atoms with E-state index in [2.05, 4.69) is 25.7 Å². The molecule has 4 heteroatoms. The minimum absolute atomic E-state index is 0.353. The van der Waals surface area contributed by atoms with Crippen molar-refractivity contribution in [1.82, 2.24) is 9.80 Å². The Balaban J connectivity index is 1.45. The highest BCUT2D eigenvalue weighted by molar-refractivity contribution is 9.10. The third kappa shape index (κ3) is 4.07. The number of likely N-dealkylation sites (tertiary alicyclic amines) is 2. The molecule has 21 heavy (non-hydrogen) atoms. The predicted octanol–water partition coefficient (Wildman–Crippen LogP) is 3.04. The molecule has 2 fully saturated rings. The SMILES string of the molecule is OC(CCN1CCC(N2CCCC2)C1)c1cccc(Br)c1. The highest BCUT2D eigenvalue weighted by atomic mass is 79.9. The molecule has 2 saturated heterocycles. The fourth-order valence-corrected chi connectivity index (χ4v) is 4.02. The van der Waals surface area contributed by atoms with Gasteiger partial charge in [0, 0.05) is 23.6 Å². The zero-order valence-corrected chi connectivity index (χ0v) is 14.1. The Morgan fingerprint density at radius 1 is 1.24 bits per heavy atom. The Bertz CT molecular complexity index is 462. The van der Waals surface area contributed by atoms with E-state index in [1.165, 1.54) is 45.4 Å². The van der Waals surface area contributed by atoms with Crippen LogP contribution in [0.5, 0.6) is 0 Å². The van der Waals surface area contributed by atoms with Crippen molar-refractivity contribution in [2.24, 2.45) is 0 Å². The molecule has 1 aromatic rings. The summed E-state index contributed by atoms with van der Waals surface area (Å²) >= 11 is 3.47. The summed E-state index contributed by atoms with van der Waals surface area (Å²) in [6.07, 6.45) is 4.51. The molecule has 0 saturated carbocycles. The maximum Gasteiger partial charge on any atom is 0.0802 e. The molecule has 2 aliphatic rings. The highest BCUT2D eigenvalue weighted by Crippen LogP contribution is 2.24. The average molecular weight is 353 g/mol. The Hall–Kier alpha value is -0.420. The number of hydrogen-bond acceptors (Lipinski definition) is 3. The number of halogens is 1. The van der Waals surface area contributed by atoms with E-state index in [1.54, 1.807) is 0 Å². The van der Waals surface area contributed by atoms with E-state index in [0.717, 1.165) is 29.0 Å². The van der Waals surface area contributed by atoms with Crippen molar-refractivity contribution in [3.63, 3.8) is 0 Å². The molecule has 1 N–H and O–H groups in total. The smallest absolute Gasteiger partial charge is 0.0802 e. The van der Waals surface area contributed by atoms with Crippen LogP contribution in [0.25, 0.3) is 0 Å². The van der Waals surface area contributed by atoms with Gasteiger partial charge in [-0.1, -0.05) is 28.1 Å². The lowest BCUT2D eigenvalue weighted by Gasteiger charge is -2.24. The lowest BCUT2D eigenvalue weighted by atomic mass is 10.1. The summed E-state index contributed by atoms with van der Waals surface area (Å²) in [4.78, 5) is 5.18. The topological polar surface area (TPSA) is 26.7 Å². The van der Waals surface area contributed by atoms with Crippen LogP contribution < -0.4 is 0 Å². The number of aliphatic hydroxyl groups is 1. The standard InChI is InChI=1S/C17H25BrN2O/c18-15-5-3-4-14(12-15)17(21)7-11-19-10-6-16(13-19)20-8-1-2-9-20/h3-5,12,16-17,21H,1-2,6-11,13H2. The minimum atomic E-state index is -0.353. The first-order chi connectivity index (χ1) is 10.2. The number of hydrogen-bond donors (Lipinski definition) is 1. The van der Waals surface area contributed by atoms with E-state index in [1.807, 2.05) is 24.3 Å². The summed E-state index contributed by atoms with van der Waals surface area (Å²) in [6.45, 7) is 5.95. The number of rotatable bonds is 5. The minimum Gasteiger partial charge on any atom is -0.388 e. The molecule has 0 aliphatic carbocycles. The van der Waals surface area contributed by atoms with Crippen LogP contribution in [0.15, 0.2) is 28.7 Å². The highest BCUT2D eigenvalue weighted by Gasteiger charge is 2.29. The fraction of sp³-hybridized carbons (Fsp3) is 0.647. The van der Waals surface area contributed by atoms with Crippen molar-refractivity contribution in [3.8, 4) is 0 Å². The van der Waals surface area contributed by atoms with Gasteiger partial charge in [-0.05, 0) is 63.0 Å². The van der Waals surface area contributed by atoms with Gasteiger partial charge in [-0.3, -0.25) is 4.90 Å². The van der Waals surface area contributed by atoms with Crippen LogP contribution >= 0.6 is 15.9 Å². The van der Waals surface area contributed by atoms with Gasteiger partial charge >= 0.3 is 0 Å². The van der Waals surface area contributed by atoms with Gasteiger partial charge in [0.25, 0.3) is 0 Å². The van der Waals surface area contributed by atoms with Crippen LogP contribution in [0.2, 0.25) is 0 Å².